The molecule has 0 saturated heterocycles. The molecule has 0 spiro atoms. The third-order valence-corrected chi connectivity index (χ3v) is 7.26. The third kappa shape index (κ3) is 3.21. The zero-order valence-corrected chi connectivity index (χ0v) is 19.1. The molecule has 2 aromatic rings. The van der Waals surface area contributed by atoms with Crippen LogP contribution in [-0.2, 0) is 12.8 Å². The second-order valence-corrected chi connectivity index (χ2v) is 9.80. The Morgan fingerprint density at radius 2 is 1.10 bits per heavy atom. The van der Waals surface area contributed by atoms with Gasteiger partial charge < -0.3 is 0 Å². The van der Waals surface area contributed by atoms with Crippen molar-refractivity contribution in [1.29, 1.82) is 0 Å². The highest BCUT2D eigenvalue weighted by Gasteiger charge is 2.45. The van der Waals surface area contributed by atoms with E-state index in [2.05, 4.69) is 90.1 Å². The van der Waals surface area contributed by atoms with Crippen LogP contribution in [-0.4, -0.2) is 0 Å². The lowest BCUT2D eigenvalue weighted by Gasteiger charge is -2.41. The van der Waals surface area contributed by atoms with Crippen LogP contribution in [0.1, 0.15) is 99.6 Å². The molecule has 0 radical (unpaired) electrons. The van der Waals surface area contributed by atoms with E-state index in [0.29, 0.717) is 11.8 Å². The molecule has 152 valence electrons. The van der Waals surface area contributed by atoms with Crippen LogP contribution in [0.3, 0.4) is 0 Å². The number of rotatable bonds is 6. The summed E-state index contributed by atoms with van der Waals surface area (Å²) in [6, 6.07) is 14.0. The monoisotopic (exact) mass is 384 g/mol. The second-order valence-electron chi connectivity index (χ2n) is 9.80. The van der Waals surface area contributed by atoms with Crippen molar-refractivity contribution >= 4 is 12.2 Å². The minimum atomic E-state index is 0.132. The zero-order valence-electron chi connectivity index (χ0n) is 19.1. The molecule has 0 saturated carbocycles. The van der Waals surface area contributed by atoms with E-state index in [4.69, 9.17) is 0 Å². The average molecular weight is 385 g/mol. The summed E-state index contributed by atoms with van der Waals surface area (Å²) in [4.78, 5) is 0. The van der Waals surface area contributed by atoms with E-state index < -0.39 is 0 Å². The van der Waals surface area contributed by atoms with Crippen molar-refractivity contribution in [3.05, 3.63) is 80.9 Å². The number of benzene rings is 2. The Balaban J connectivity index is 1.79. The molecule has 0 heterocycles. The van der Waals surface area contributed by atoms with E-state index in [1.807, 2.05) is 0 Å². The molecule has 0 N–H and O–H groups in total. The molecular weight excluding hydrogens is 348 g/mol. The Labute approximate surface area is 177 Å². The van der Waals surface area contributed by atoms with Gasteiger partial charge in [-0.2, -0.15) is 0 Å². The number of fused-ring (bicyclic) bond motifs is 2. The van der Waals surface area contributed by atoms with Crippen molar-refractivity contribution in [2.24, 2.45) is 5.41 Å². The van der Waals surface area contributed by atoms with Gasteiger partial charge in [0, 0.05) is 11.8 Å². The number of hydrogen-bond acceptors (Lipinski definition) is 0. The summed E-state index contributed by atoms with van der Waals surface area (Å²) in [5, 5.41) is 0. The minimum absolute atomic E-state index is 0.132. The summed E-state index contributed by atoms with van der Waals surface area (Å²) in [6.45, 7) is 14.3. The molecule has 2 aliphatic rings. The lowest BCUT2D eigenvalue weighted by Crippen LogP contribution is -2.29. The third-order valence-electron chi connectivity index (χ3n) is 7.26. The van der Waals surface area contributed by atoms with Crippen LogP contribution in [0.5, 0.6) is 0 Å². The van der Waals surface area contributed by atoms with Gasteiger partial charge in [0.15, 0.2) is 0 Å². The van der Waals surface area contributed by atoms with E-state index in [-0.39, 0.29) is 5.41 Å². The van der Waals surface area contributed by atoms with Crippen LogP contribution in [0.15, 0.2) is 47.5 Å². The van der Waals surface area contributed by atoms with Crippen LogP contribution in [0.4, 0.5) is 0 Å². The normalized spacial score (nSPS) is 20.3. The summed E-state index contributed by atoms with van der Waals surface area (Å²) in [7, 11) is 0. The molecule has 0 aromatic heterocycles. The van der Waals surface area contributed by atoms with Gasteiger partial charge in [0.25, 0.3) is 0 Å². The van der Waals surface area contributed by atoms with Crippen LogP contribution in [0.2, 0.25) is 0 Å². The molecule has 2 unspecified atom stereocenters. The second kappa shape index (κ2) is 7.63. The molecule has 0 nitrogen and oxygen atoms in total. The molecule has 2 aliphatic carbocycles. The topological polar surface area (TPSA) is 0 Å². The van der Waals surface area contributed by atoms with Crippen LogP contribution in [0, 0.1) is 5.41 Å². The summed E-state index contributed by atoms with van der Waals surface area (Å²) < 4.78 is 0. The lowest BCUT2D eigenvalue weighted by molar-refractivity contribution is 0.275. The number of allylic oxidation sites excluding steroid dienone is 2. The summed E-state index contributed by atoms with van der Waals surface area (Å²) in [5.41, 5.74) is 12.3. The van der Waals surface area contributed by atoms with E-state index in [0.717, 1.165) is 0 Å². The van der Waals surface area contributed by atoms with Crippen molar-refractivity contribution < 1.29 is 0 Å². The molecule has 0 heteroatoms. The van der Waals surface area contributed by atoms with Gasteiger partial charge in [-0.05, 0) is 65.5 Å². The van der Waals surface area contributed by atoms with Gasteiger partial charge in [-0.1, -0.05) is 100 Å². The van der Waals surface area contributed by atoms with E-state index in [1.54, 1.807) is 11.1 Å². The van der Waals surface area contributed by atoms with Crippen molar-refractivity contribution in [2.75, 3.05) is 0 Å². The van der Waals surface area contributed by atoms with Gasteiger partial charge in [-0.3, -0.25) is 0 Å². The van der Waals surface area contributed by atoms with Crippen molar-refractivity contribution in [2.45, 2.75) is 79.1 Å². The Hall–Kier alpha value is -2.08. The number of aryl methyl sites for hydroxylation is 2. The fourth-order valence-corrected chi connectivity index (χ4v) is 6.35. The van der Waals surface area contributed by atoms with Gasteiger partial charge in [-0.15, -0.1) is 0 Å². The van der Waals surface area contributed by atoms with Gasteiger partial charge in [0.05, 0.1) is 0 Å². The molecule has 4 rings (SSSR count). The SMILES string of the molecule is CCCc1cccc2c1C=C(C)C2C(C)(C)C1C(C)=Cc2c(CCC)cccc21. The quantitative estimate of drug-likeness (QED) is 0.469. The maximum Gasteiger partial charge on any atom is 0.0115 e. The van der Waals surface area contributed by atoms with E-state index >= 15 is 0 Å². The van der Waals surface area contributed by atoms with Gasteiger partial charge in [0.1, 0.15) is 0 Å². The molecule has 2 atom stereocenters. The maximum absolute atomic E-state index is 2.50. The van der Waals surface area contributed by atoms with Crippen molar-refractivity contribution in [3.8, 4) is 0 Å². The predicted molar refractivity (Wildman–Crippen MR) is 127 cm³/mol. The van der Waals surface area contributed by atoms with Crippen molar-refractivity contribution in [3.63, 3.8) is 0 Å². The average Bonchev–Trinajstić information content (AvgIpc) is 3.20. The number of hydrogen-bond donors (Lipinski definition) is 0. The van der Waals surface area contributed by atoms with Crippen LogP contribution < -0.4 is 0 Å². The minimum Gasteiger partial charge on any atom is -0.0651 e. The fraction of sp³-hybridized carbons (Fsp3) is 0.448. The van der Waals surface area contributed by atoms with Crippen LogP contribution in [0.25, 0.3) is 12.2 Å². The van der Waals surface area contributed by atoms with Crippen molar-refractivity contribution in [1.82, 2.24) is 0 Å². The van der Waals surface area contributed by atoms with Crippen LogP contribution >= 0.6 is 0 Å². The maximum atomic E-state index is 2.50. The summed E-state index contributed by atoms with van der Waals surface area (Å²) in [6.07, 6.45) is 9.71. The van der Waals surface area contributed by atoms with Gasteiger partial charge >= 0.3 is 0 Å². The summed E-state index contributed by atoms with van der Waals surface area (Å²) >= 11 is 0. The Morgan fingerprint density at radius 3 is 1.48 bits per heavy atom. The molecule has 0 bridgehead atoms. The molecule has 2 aromatic carbocycles. The predicted octanol–water partition coefficient (Wildman–Crippen LogP) is 8.32. The standard InChI is InChI=1S/C29H36/c1-7-11-21-13-9-15-23-25(21)17-19(3)27(23)29(5,6)28-20(4)18-26-22(12-8-2)14-10-16-24(26)28/h9-10,13-18,27-28H,7-8,11-12H2,1-6H3. The Bertz CT molecular complexity index is 904. The van der Waals surface area contributed by atoms with E-state index in [1.165, 1.54) is 59.1 Å². The van der Waals surface area contributed by atoms with Gasteiger partial charge in [-0.25, -0.2) is 0 Å². The molecular formula is C29H36. The highest BCUT2D eigenvalue weighted by Crippen LogP contribution is 2.58. The largest absolute Gasteiger partial charge is 0.0651 e. The lowest BCUT2D eigenvalue weighted by atomic mass is 9.62. The molecule has 0 aliphatic heterocycles. The highest BCUT2D eigenvalue weighted by molar-refractivity contribution is 5.73. The zero-order chi connectivity index (χ0) is 20.8. The smallest absolute Gasteiger partial charge is 0.0115 e. The molecule has 29 heavy (non-hydrogen) atoms. The first-order valence-electron chi connectivity index (χ1n) is 11.5. The fourth-order valence-electron chi connectivity index (χ4n) is 6.35. The first-order valence-corrected chi connectivity index (χ1v) is 11.5. The first-order chi connectivity index (χ1) is 13.9. The summed E-state index contributed by atoms with van der Waals surface area (Å²) in [5.74, 6) is 0.951. The Kier molecular flexibility index (Phi) is 5.32. The molecule has 0 amide bonds. The first kappa shape index (κ1) is 20.2. The Morgan fingerprint density at radius 1 is 0.690 bits per heavy atom. The molecule has 0 fully saturated rings. The van der Waals surface area contributed by atoms with E-state index in [9.17, 15) is 0 Å². The van der Waals surface area contributed by atoms with Gasteiger partial charge in [0.2, 0.25) is 0 Å². The highest BCUT2D eigenvalue weighted by atomic mass is 14.5.